The van der Waals surface area contributed by atoms with Gasteiger partial charge in [0.05, 0.1) is 35.0 Å². The fraction of sp³-hybridized carbons (Fsp3) is 0.562. The quantitative estimate of drug-likeness (QED) is 0.562. The molecule has 0 aromatic carbocycles. The van der Waals surface area contributed by atoms with Gasteiger partial charge in [0.2, 0.25) is 5.91 Å². The van der Waals surface area contributed by atoms with Gasteiger partial charge in [-0.25, -0.2) is 0 Å². The number of amides is 1. The van der Waals surface area contributed by atoms with Crippen LogP contribution in [0, 0.1) is 29.9 Å². The molecule has 2 heterocycles. The van der Waals surface area contributed by atoms with Crippen LogP contribution in [0.2, 0.25) is 0 Å². The highest BCUT2D eigenvalue weighted by Crippen LogP contribution is 2.15. The topological polar surface area (TPSA) is 99.1 Å². The van der Waals surface area contributed by atoms with E-state index in [4.69, 9.17) is 0 Å². The first-order valence-corrected chi connectivity index (χ1v) is 8.19. The summed E-state index contributed by atoms with van der Waals surface area (Å²) in [5, 5.41) is 19.1. The fourth-order valence-electron chi connectivity index (χ4n) is 2.69. The molecule has 0 bridgehead atoms. The Morgan fingerprint density at radius 1 is 1.40 bits per heavy atom. The number of aryl methyl sites for hydroxylation is 3. The van der Waals surface area contributed by atoms with Crippen LogP contribution in [-0.2, 0) is 24.4 Å². The molecule has 0 spiro atoms. The number of nitrogens with zero attached hydrogens (tertiary/aromatic N) is 6. The summed E-state index contributed by atoms with van der Waals surface area (Å²) in [5.41, 5.74) is 2.58. The summed E-state index contributed by atoms with van der Waals surface area (Å²) in [7, 11) is 1.75. The number of aromatic nitrogens is 4. The SMILES string of the molecule is CCn1cc(CN(C)C(=O)C(C)Cn2nc([N+](=O)[O-])cc2C)c(C)n1. The summed E-state index contributed by atoms with van der Waals surface area (Å²) in [4.78, 5) is 24.5. The zero-order valence-corrected chi connectivity index (χ0v) is 15.3. The first-order valence-electron chi connectivity index (χ1n) is 8.19. The Morgan fingerprint density at radius 2 is 2.08 bits per heavy atom. The Balaban J connectivity index is 2.03. The van der Waals surface area contributed by atoms with Gasteiger partial charge in [0, 0.05) is 31.9 Å². The van der Waals surface area contributed by atoms with Crippen molar-refractivity contribution in [1.82, 2.24) is 24.5 Å². The zero-order valence-electron chi connectivity index (χ0n) is 15.3. The van der Waals surface area contributed by atoms with Crippen molar-refractivity contribution < 1.29 is 9.72 Å². The van der Waals surface area contributed by atoms with Crippen molar-refractivity contribution in [2.45, 2.75) is 47.3 Å². The Kier molecular flexibility index (Phi) is 5.55. The number of rotatable bonds is 7. The molecule has 0 aliphatic heterocycles. The van der Waals surface area contributed by atoms with Gasteiger partial charge in [0.1, 0.15) is 0 Å². The van der Waals surface area contributed by atoms with Crippen molar-refractivity contribution in [1.29, 1.82) is 0 Å². The molecular formula is C16H24N6O3. The van der Waals surface area contributed by atoms with Crippen LogP contribution in [0.3, 0.4) is 0 Å². The molecule has 9 nitrogen and oxygen atoms in total. The lowest BCUT2D eigenvalue weighted by Crippen LogP contribution is -2.33. The first-order chi connectivity index (χ1) is 11.7. The van der Waals surface area contributed by atoms with Crippen LogP contribution in [0.5, 0.6) is 0 Å². The van der Waals surface area contributed by atoms with Gasteiger partial charge in [-0.2, -0.15) is 9.78 Å². The second-order valence-electron chi connectivity index (χ2n) is 6.27. The molecule has 0 saturated carbocycles. The Hall–Kier alpha value is -2.71. The molecular weight excluding hydrogens is 324 g/mol. The van der Waals surface area contributed by atoms with Crippen LogP contribution in [0.25, 0.3) is 0 Å². The van der Waals surface area contributed by atoms with Gasteiger partial charge in [-0.05, 0) is 25.7 Å². The summed E-state index contributed by atoms with van der Waals surface area (Å²) >= 11 is 0. The second-order valence-corrected chi connectivity index (χ2v) is 6.27. The Bertz CT molecular complexity index is 779. The van der Waals surface area contributed by atoms with E-state index in [0.29, 0.717) is 18.8 Å². The molecule has 2 rings (SSSR count). The van der Waals surface area contributed by atoms with Crippen molar-refractivity contribution in [3.63, 3.8) is 0 Å². The summed E-state index contributed by atoms with van der Waals surface area (Å²) in [6, 6.07) is 1.41. The standard InChI is InChI=1S/C16H24N6O3/c1-6-20-10-14(13(4)17-20)9-19(5)16(23)11(2)8-21-12(3)7-15(18-21)22(24)25/h7,10-11H,6,8-9H2,1-5H3. The lowest BCUT2D eigenvalue weighted by molar-refractivity contribution is -0.389. The number of hydrogen-bond acceptors (Lipinski definition) is 5. The van der Waals surface area contributed by atoms with E-state index in [-0.39, 0.29) is 17.6 Å². The van der Waals surface area contributed by atoms with Crippen molar-refractivity contribution in [2.24, 2.45) is 5.92 Å². The average molecular weight is 348 g/mol. The molecule has 136 valence electrons. The third-order valence-corrected chi connectivity index (χ3v) is 4.18. The molecule has 0 aliphatic rings. The van der Waals surface area contributed by atoms with Crippen molar-refractivity contribution in [3.05, 3.63) is 39.3 Å². The summed E-state index contributed by atoms with van der Waals surface area (Å²) in [6.45, 7) is 9.04. The van der Waals surface area contributed by atoms with E-state index in [0.717, 1.165) is 17.8 Å². The maximum Gasteiger partial charge on any atom is 0.390 e. The van der Waals surface area contributed by atoms with Gasteiger partial charge in [0.15, 0.2) is 0 Å². The molecule has 1 atom stereocenters. The van der Waals surface area contributed by atoms with Crippen LogP contribution in [-0.4, -0.2) is 42.3 Å². The van der Waals surface area contributed by atoms with Gasteiger partial charge in [0.25, 0.3) is 0 Å². The lowest BCUT2D eigenvalue weighted by Gasteiger charge is -2.20. The van der Waals surface area contributed by atoms with Crippen LogP contribution < -0.4 is 0 Å². The van der Waals surface area contributed by atoms with Crippen molar-refractivity contribution in [3.8, 4) is 0 Å². The molecule has 1 amide bonds. The molecule has 1 unspecified atom stereocenters. The van der Waals surface area contributed by atoms with Gasteiger partial charge < -0.3 is 15.0 Å². The van der Waals surface area contributed by atoms with E-state index in [9.17, 15) is 14.9 Å². The highest BCUT2D eigenvalue weighted by Gasteiger charge is 2.23. The number of hydrogen-bond donors (Lipinski definition) is 0. The summed E-state index contributed by atoms with van der Waals surface area (Å²) in [5.74, 6) is -0.584. The predicted octanol–water partition coefficient (Wildman–Crippen LogP) is 1.92. The van der Waals surface area contributed by atoms with Crippen LogP contribution in [0.1, 0.15) is 30.8 Å². The van der Waals surface area contributed by atoms with Crippen LogP contribution in [0.4, 0.5) is 5.82 Å². The zero-order chi connectivity index (χ0) is 18.7. The normalized spacial score (nSPS) is 12.2. The smallest absolute Gasteiger partial charge is 0.358 e. The minimum atomic E-state index is -0.531. The average Bonchev–Trinajstić information content (AvgIpc) is 3.10. The van der Waals surface area contributed by atoms with E-state index >= 15 is 0 Å². The van der Waals surface area contributed by atoms with Gasteiger partial charge in [-0.15, -0.1) is 0 Å². The lowest BCUT2D eigenvalue weighted by atomic mass is 10.1. The molecule has 2 aromatic rings. The second kappa shape index (κ2) is 7.45. The molecule has 0 radical (unpaired) electrons. The molecule has 0 N–H and O–H groups in total. The predicted molar refractivity (Wildman–Crippen MR) is 91.9 cm³/mol. The van der Waals surface area contributed by atoms with Crippen LogP contribution in [0.15, 0.2) is 12.3 Å². The highest BCUT2D eigenvalue weighted by atomic mass is 16.6. The first kappa shape index (κ1) is 18.6. The minimum absolute atomic E-state index is 0.0406. The van der Waals surface area contributed by atoms with Crippen LogP contribution >= 0.6 is 0 Å². The third-order valence-electron chi connectivity index (χ3n) is 4.18. The molecule has 2 aromatic heterocycles. The fourth-order valence-corrected chi connectivity index (χ4v) is 2.69. The Morgan fingerprint density at radius 3 is 2.60 bits per heavy atom. The van der Waals surface area contributed by atoms with E-state index in [1.807, 2.05) is 24.7 Å². The minimum Gasteiger partial charge on any atom is -0.358 e. The number of carbonyl (C=O) groups is 1. The van der Waals surface area contributed by atoms with Gasteiger partial charge >= 0.3 is 5.82 Å². The van der Waals surface area contributed by atoms with Crippen molar-refractivity contribution in [2.75, 3.05) is 7.05 Å². The van der Waals surface area contributed by atoms with E-state index < -0.39 is 4.92 Å². The van der Waals surface area contributed by atoms with E-state index in [1.165, 1.54) is 10.7 Å². The van der Waals surface area contributed by atoms with E-state index in [1.54, 1.807) is 25.8 Å². The molecule has 0 aliphatic carbocycles. The maximum absolute atomic E-state index is 12.6. The highest BCUT2D eigenvalue weighted by molar-refractivity contribution is 5.78. The number of nitro groups is 1. The molecule has 0 saturated heterocycles. The third kappa shape index (κ3) is 4.23. The van der Waals surface area contributed by atoms with E-state index in [2.05, 4.69) is 10.2 Å². The van der Waals surface area contributed by atoms with Gasteiger partial charge in [-0.1, -0.05) is 6.92 Å². The Labute approximate surface area is 146 Å². The number of carbonyl (C=O) groups excluding carboxylic acids is 1. The largest absolute Gasteiger partial charge is 0.390 e. The monoisotopic (exact) mass is 348 g/mol. The summed E-state index contributed by atoms with van der Waals surface area (Å²) in [6.07, 6.45) is 1.95. The maximum atomic E-state index is 12.6. The molecule has 9 heteroatoms. The molecule has 25 heavy (non-hydrogen) atoms. The van der Waals surface area contributed by atoms with Crippen molar-refractivity contribution >= 4 is 11.7 Å². The molecule has 0 fully saturated rings. The van der Waals surface area contributed by atoms with Gasteiger partial charge in [-0.3, -0.25) is 9.48 Å². The summed E-state index contributed by atoms with van der Waals surface area (Å²) < 4.78 is 3.35.